The van der Waals surface area contributed by atoms with E-state index in [-0.39, 0.29) is 4.90 Å². The molecule has 1 aromatic rings. The molecule has 0 unspecified atom stereocenters. The van der Waals surface area contributed by atoms with Crippen LogP contribution in [0.5, 0.6) is 0 Å². The average Bonchev–Trinajstić information content (AvgIpc) is 2.35. The summed E-state index contributed by atoms with van der Waals surface area (Å²) in [5, 5.41) is 8.79. The van der Waals surface area contributed by atoms with Crippen molar-refractivity contribution < 1.29 is 8.42 Å². The van der Waals surface area contributed by atoms with Crippen LogP contribution in [0.15, 0.2) is 23.1 Å². The summed E-state index contributed by atoms with van der Waals surface area (Å²) in [4.78, 5) is 0.289. The van der Waals surface area contributed by atoms with Gasteiger partial charge in [-0.05, 0) is 37.1 Å². The first-order valence-corrected chi connectivity index (χ1v) is 7.42. The van der Waals surface area contributed by atoms with Gasteiger partial charge < -0.3 is 0 Å². The molecule has 0 N–H and O–H groups in total. The Kier molecular flexibility index (Phi) is 4.88. The number of rotatable bonds is 5. The second kappa shape index (κ2) is 5.98. The van der Waals surface area contributed by atoms with Crippen molar-refractivity contribution >= 4 is 10.0 Å². The minimum absolute atomic E-state index is 0.289. The first-order valence-electron chi connectivity index (χ1n) is 5.98. The summed E-state index contributed by atoms with van der Waals surface area (Å²) in [6.45, 7) is 6.46. The molecule has 0 atom stereocenters. The van der Waals surface area contributed by atoms with Crippen LogP contribution in [-0.4, -0.2) is 25.8 Å². The maximum absolute atomic E-state index is 12.4. The molecule has 0 saturated heterocycles. The van der Waals surface area contributed by atoms with Crippen molar-refractivity contribution in [2.45, 2.75) is 32.1 Å². The Morgan fingerprint density at radius 1 is 1.33 bits per heavy atom. The second-order valence-corrected chi connectivity index (χ2v) is 6.00. The second-order valence-electron chi connectivity index (χ2n) is 4.09. The maximum Gasteiger partial charge on any atom is 0.243 e. The highest BCUT2D eigenvalue weighted by Crippen LogP contribution is 2.21. The Balaban J connectivity index is 3.24. The average molecular weight is 266 g/mol. The highest BCUT2D eigenvalue weighted by molar-refractivity contribution is 7.89. The van der Waals surface area contributed by atoms with E-state index < -0.39 is 10.0 Å². The van der Waals surface area contributed by atoms with Crippen LogP contribution in [0.3, 0.4) is 0 Å². The summed E-state index contributed by atoms with van der Waals surface area (Å²) in [6, 6.07) is 6.67. The zero-order valence-corrected chi connectivity index (χ0v) is 11.8. The number of nitrogens with zero attached hydrogens (tertiary/aromatic N) is 2. The fourth-order valence-corrected chi connectivity index (χ4v) is 3.59. The largest absolute Gasteiger partial charge is 0.243 e. The van der Waals surface area contributed by atoms with E-state index in [9.17, 15) is 8.42 Å². The number of hydrogen-bond acceptors (Lipinski definition) is 3. The molecular weight excluding hydrogens is 248 g/mol. The lowest BCUT2D eigenvalue weighted by atomic mass is 10.2. The van der Waals surface area contributed by atoms with Gasteiger partial charge in [0.15, 0.2) is 0 Å². The van der Waals surface area contributed by atoms with Gasteiger partial charge in [-0.1, -0.05) is 13.8 Å². The van der Waals surface area contributed by atoms with E-state index >= 15 is 0 Å². The first kappa shape index (κ1) is 14.7. The third-order valence-electron chi connectivity index (χ3n) is 2.75. The van der Waals surface area contributed by atoms with Crippen LogP contribution < -0.4 is 0 Å². The van der Waals surface area contributed by atoms with E-state index in [1.54, 1.807) is 19.1 Å². The predicted molar refractivity (Wildman–Crippen MR) is 70.6 cm³/mol. The van der Waals surface area contributed by atoms with Crippen molar-refractivity contribution in [1.29, 1.82) is 5.26 Å². The number of benzene rings is 1. The Morgan fingerprint density at radius 2 is 2.00 bits per heavy atom. The van der Waals surface area contributed by atoms with Crippen molar-refractivity contribution in [1.82, 2.24) is 4.31 Å². The number of aryl methyl sites for hydroxylation is 1. The molecule has 0 aromatic heterocycles. The van der Waals surface area contributed by atoms with E-state index in [2.05, 4.69) is 0 Å². The van der Waals surface area contributed by atoms with Gasteiger partial charge in [-0.2, -0.15) is 9.57 Å². The standard InChI is InChI=1S/C13H18N2O2S/c1-4-8-15(5-2)18(16,17)13-7-6-12(10-14)9-11(13)3/h6-7,9H,4-5,8H2,1-3H3. The summed E-state index contributed by atoms with van der Waals surface area (Å²) >= 11 is 0. The monoisotopic (exact) mass is 266 g/mol. The minimum atomic E-state index is -3.45. The van der Waals surface area contributed by atoms with E-state index in [0.29, 0.717) is 24.2 Å². The lowest BCUT2D eigenvalue weighted by Gasteiger charge is -2.20. The molecule has 0 aliphatic heterocycles. The van der Waals surface area contributed by atoms with Gasteiger partial charge in [-0.15, -0.1) is 0 Å². The van der Waals surface area contributed by atoms with Gasteiger partial charge in [0.2, 0.25) is 10.0 Å². The van der Waals surface area contributed by atoms with Gasteiger partial charge in [-0.25, -0.2) is 8.42 Å². The van der Waals surface area contributed by atoms with Crippen LogP contribution in [-0.2, 0) is 10.0 Å². The topological polar surface area (TPSA) is 61.2 Å². The van der Waals surface area contributed by atoms with Crippen molar-refractivity contribution in [3.8, 4) is 6.07 Å². The predicted octanol–water partition coefficient (Wildman–Crippen LogP) is 2.29. The smallest absolute Gasteiger partial charge is 0.207 e. The molecule has 0 saturated carbocycles. The van der Waals surface area contributed by atoms with Crippen LogP contribution in [0.2, 0.25) is 0 Å². The van der Waals surface area contributed by atoms with Gasteiger partial charge >= 0.3 is 0 Å². The van der Waals surface area contributed by atoms with Crippen molar-refractivity contribution in [3.63, 3.8) is 0 Å². The van der Waals surface area contributed by atoms with Crippen molar-refractivity contribution in [3.05, 3.63) is 29.3 Å². The van der Waals surface area contributed by atoms with Crippen LogP contribution >= 0.6 is 0 Å². The molecule has 5 heteroatoms. The molecular formula is C13H18N2O2S. The lowest BCUT2D eigenvalue weighted by Crippen LogP contribution is -2.32. The normalized spacial score (nSPS) is 11.5. The highest BCUT2D eigenvalue weighted by atomic mass is 32.2. The lowest BCUT2D eigenvalue weighted by molar-refractivity contribution is 0.427. The molecule has 0 heterocycles. The minimum Gasteiger partial charge on any atom is -0.207 e. The molecule has 0 bridgehead atoms. The summed E-state index contributed by atoms with van der Waals surface area (Å²) < 4.78 is 26.3. The zero-order chi connectivity index (χ0) is 13.8. The van der Waals surface area contributed by atoms with E-state index in [1.165, 1.54) is 10.4 Å². The fraction of sp³-hybridized carbons (Fsp3) is 0.462. The molecule has 1 rings (SSSR count). The molecule has 0 radical (unpaired) electrons. The molecule has 0 aliphatic rings. The van der Waals surface area contributed by atoms with Crippen LogP contribution in [0.4, 0.5) is 0 Å². The quantitative estimate of drug-likeness (QED) is 0.821. The number of nitriles is 1. The Hall–Kier alpha value is -1.38. The van der Waals surface area contributed by atoms with E-state index in [4.69, 9.17) is 5.26 Å². The first-order chi connectivity index (χ1) is 8.47. The van der Waals surface area contributed by atoms with Crippen molar-refractivity contribution in [2.75, 3.05) is 13.1 Å². The van der Waals surface area contributed by atoms with E-state index in [1.807, 2.05) is 19.9 Å². The van der Waals surface area contributed by atoms with E-state index in [0.717, 1.165) is 6.42 Å². The Morgan fingerprint density at radius 3 is 2.44 bits per heavy atom. The summed E-state index contributed by atoms with van der Waals surface area (Å²) in [5.74, 6) is 0. The molecule has 0 amide bonds. The van der Waals surface area contributed by atoms with Gasteiger partial charge in [-0.3, -0.25) is 0 Å². The van der Waals surface area contributed by atoms with Gasteiger partial charge in [0.1, 0.15) is 0 Å². The number of hydrogen-bond donors (Lipinski definition) is 0. The van der Waals surface area contributed by atoms with Gasteiger partial charge in [0, 0.05) is 13.1 Å². The molecule has 98 valence electrons. The van der Waals surface area contributed by atoms with Crippen LogP contribution in [0, 0.1) is 18.3 Å². The fourth-order valence-electron chi connectivity index (χ4n) is 1.85. The molecule has 18 heavy (non-hydrogen) atoms. The summed E-state index contributed by atoms with van der Waals surface area (Å²) in [7, 11) is -3.45. The maximum atomic E-state index is 12.4. The zero-order valence-electron chi connectivity index (χ0n) is 11.0. The van der Waals surface area contributed by atoms with Crippen LogP contribution in [0.1, 0.15) is 31.4 Å². The van der Waals surface area contributed by atoms with Crippen molar-refractivity contribution in [2.24, 2.45) is 0 Å². The third-order valence-corrected chi connectivity index (χ3v) is 4.88. The molecule has 4 nitrogen and oxygen atoms in total. The SMILES string of the molecule is CCCN(CC)S(=O)(=O)c1ccc(C#N)cc1C. The van der Waals surface area contributed by atoms with Gasteiger partial charge in [0.25, 0.3) is 0 Å². The molecule has 0 fully saturated rings. The van der Waals surface area contributed by atoms with Gasteiger partial charge in [0.05, 0.1) is 16.5 Å². The summed E-state index contributed by atoms with van der Waals surface area (Å²) in [5.41, 5.74) is 1.09. The number of sulfonamides is 1. The molecule has 0 aliphatic carbocycles. The molecule has 0 spiro atoms. The summed E-state index contributed by atoms with van der Waals surface area (Å²) in [6.07, 6.45) is 0.780. The Bertz CT molecular complexity index is 559. The molecule has 1 aromatic carbocycles. The van der Waals surface area contributed by atoms with Crippen LogP contribution in [0.25, 0.3) is 0 Å². The Labute approximate surface area is 109 Å². The highest BCUT2D eigenvalue weighted by Gasteiger charge is 2.23. The third kappa shape index (κ3) is 2.89.